The second kappa shape index (κ2) is 6.74. The molecule has 1 fully saturated rings. The number of hydrogen-bond donors (Lipinski definition) is 1. The van der Waals surface area contributed by atoms with Crippen LogP contribution in [0.2, 0.25) is 0 Å². The van der Waals surface area contributed by atoms with E-state index in [-0.39, 0.29) is 11.9 Å². The maximum atomic E-state index is 12.4. The average molecular weight is 289 g/mol. The Bertz CT molecular complexity index is 505. The Hall–Kier alpha value is -1.84. The third-order valence-corrected chi connectivity index (χ3v) is 3.95. The minimum atomic E-state index is -0.841. The summed E-state index contributed by atoms with van der Waals surface area (Å²) in [5.74, 6) is -1.27. The van der Waals surface area contributed by atoms with Crippen molar-refractivity contribution in [2.24, 2.45) is 5.92 Å². The van der Waals surface area contributed by atoms with Crippen molar-refractivity contribution < 1.29 is 14.7 Å². The van der Waals surface area contributed by atoms with Crippen LogP contribution in [-0.4, -0.2) is 34.5 Å². The number of carboxylic acid groups (broad SMARTS) is 1. The first-order chi connectivity index (χ1) is 9.97. The number of rotatable bonds is 7. The molecule has 1 saturated carbocycles. The van der Waals surface area contributed by atoms with Crippen molar-refractivity contribution in [1.29, 1.82) is 0 Å². The molecule has 1 aromatic rings. The summed E-state index contributed by atoms with van der Waals surface area (Å²) in [4.78, 5) is 25.1. The molecule has 0 aromatic heterocycles. The number of aryl methyl sites for hydroxylation is 2. The fourth-order valence-electron chi connectivity index (χ4n) is 2.36. The predicted molar refractivity (Wildman–Crippen MR) is 81.0 cm³/mol. The van der Waals surface area contributed by atoms with Gasteiger partial charge in [0.25, 0.3) is 0 Å². The highest BCUT2D eigenvalue weighted by molar-refractivity contribution is 5.78. The van der Waals surface area contributed by atoms with Crippen LogP contribution in [0.3, 0.4) is 0 Å². The molecule has 1 N–H and O–H groups in total. The third kappa shape index (κ3) is 4.59. The Balaban J connectivity index is 1.89. The largest absolute Gasteiger partial charge is 0.481 e. The minimum absolute atomic E-state index is 0.0752. The molecule has 1 amide bonds. The van der Waals surface area contributed by atoms with Gasteiger partial charge in [0.1, 0.15) is 0 Å². The number of hydrogen-bond acceptors (Lipinski definition) is 2. The molecule has 0 saturated heterocycles. The van der Waals surface area contributed by atoms with Crippen LogP contribution in [0.5, 0.6) is 0 Å². The van der Waals surface area contributed by atoms with Crippen LogP contribution in [0.1, 0.15) is 37.3 Å². The summed E-state index contributed by atoms with van der Waals surface area (Å²) in [7, 11) is 0. The molecule has 2 rings (SSSR count). The van der Waals surface area contributed by atoms with Crippen molar-refractivity contribution >= 4 is 11.9 Å². The Labute approximate surface area is 125 Å². The quantitative estimate of drug-likeness (QED) is 0.839. The van der Waals surface area contributed by atoms with Crippen molar-refractivity contribution in [1.82, 2.24) is 4.90 Å². The van der Waals surface area contributed by atoms with Crippen molar-refractivity contribution in [2.45, 2.75) is 45.6 Å². The average Bonchev–Trinajstić information content (AvgIpc) is 3.28. The summed E-state index contributed by atoms with van der Waals surface area (Å²) in [5, 5.41) is 9.01. The molecular weight excluding hydrogens is 266 g/mol. The van der Waals surface area contributed by atoms with Crippen molar-refractivity contribution in [3.05, 3.63) is 35.4 Å². The molecule has 0 radical (unpaired) electrons. The monoisotopic (exact) mass is 289 g/mol. The first-order valence-electron chi connectivity index (χ1n) is 7.55. The van der Waals surface area contributed by atoms with E-state index in [1.54, 1.807) is 11.8 Å². The molecule has 1 unspecified atom stereocenters. The smallest absolute Gasteiger partial charge is 0.308 e. The lowest BCUT2D eigenvalue weighted by Gasteiger charge is -2.24. The summed E-state index contributed by atoms with van der Waals surface area (Å²) in [6.45, 7) is 4.02. The van der Waals surface area contributed by atoms with E-state index in [9.17, 15) is 9.59 Å². The van der Waals surface area contributed by atoms with Gasteiger partial charge in [-0.2, -0.15) is 0 Å². The van der Waals surface area contributed by atoms with E-state index >= 15 is 0 Å². The third-order valence-electron chi connectivity index (χ3n) is 3.95. The zero-order valence-corrected chi connectivity index (χ0v) is 12.7. The SMILES string of the molecule is Cc1ccc(CCC(=O)N(CC(C)C(=O)O)C2CC2)cc1. The van der Waals surface area contributed by atoms with Gasteiger partial charge >= 0.3 is 5.97 Å². The van der Waals surface area contributed by atoms with Crippen LogP contribution >= 0.6 is 0 Å². The summed E-state index contributed by atoms with van der Waals surface area (Å²) in [6, 6.07) is 8.45. The molecular formula is C17H23NO3. The number of carbonyl (C=O) groups is 2. The number of aliphatic carboxylic acids is 1. The second-order valence-corrected chi connectivity index (χ2v) is 6.00. The maximum absolute atomic E-state index is 12.4. The zero-order valence-electron chi connectivity index (χ0n) is 12.7. The summed E-state index contributed by atoms with van der Waals surface area (Å²) < 4.78 is 0. The highest BCUT2D eigenvalue weighted by Crippen LogP contribution is 2.28. The number of nitrogens with zero attached hydrogens (tertiary/aromatic N) is 1. The molecule has 21 heavy (non-hydrogen) atoms. The molecule has 1 aliphatic carbocycles. The van der Waals surface area contributed by atoms with E-state index in [4.69, 9.17) is 5.11 Å². The van der Waals surface area contributed by atoms with Crippen molar-refractivity contribution in [3.8, 4) is 0 Å². The van der Waals surface area contributed by atoms with Gasteiger partial charge in [-0.1, -0.05) is 36.8 Å². The molecule has 0 heterocycles. The van der Waals surface area contributed by atoms with Crippen LogP contribution in [-0.2, 0) is 16.0 Å². The van der Waals surface area contributed by atoms with Crippen molar-refractivity contribution in [3.63, 3.8) is 0 Å². The first-order valence-corrected chi connectivity index (χ1v) is 7.55. The Morgan fingerprint density at radius 3 is 2.43 bits per heavy atom. The van der Waals surface area contributed by atoms with Crippen LogP contribution in [0, 0.1) is 12.8 Å². The minimum Gasteiger partial charge on any atom is -0.481 e. The normalized spacial score (nSPS) is 15.5. The van der Waals surface area contributed by atoms with Crippen LogP contribution in [0.4, 0.5) is 0 Å². The molecule has 4 nitrogen and oxygen atoms in total. The fraction of sp³-hybridized carbons (Fsp3) is 0.529. The van der Waals surface area contributed by atoms with Crippen molar-refractivity contribution in [2.75, 3.05) is 6.54 Å². The fourth-order valence-corrected chi connectivity index (χ4v) is 2.36. The summed E-state index contributed by atoms with van der Waals surface area (Å²) in [5.41, 5.74) is 2.36. The van der Waals surface area contributed by atoms with Crippen LogP contribution in [0.25, 0.3) is 0 Å². The highest BCUT2D eigenvalue weighted by atomic mass is 16.4. The maximum Gasteiger partial charge on any atom is 0.308 e. The van der Waals surface area contributed by atoms with Gasteiger partial charge in [-0.05, 0) is 31.7 Å². The summed E-state index contributed by atoms with van der Waals surface area (Å²) in [6.07, 6.45) is 3.17. The van der Waals surface area contributed by atoms with Gasteiger partial charge in [0.15, 0.2) is 0 Å². The van der Waals surface area contributed by atoms with E-state index < -0.39 is 11.9 Å². The van der Waals surface area contributed by atoms with E-state index in [1.165, 1.54) is 5.56 Å². The predicted octanol–water partition coefficient (Wildman–Crippen LogP) is 2.64. The van der Waals surface area contributed by atoms with Gasteiger partial charge in [0, 0.05) is 19.0 Å². The Morgan fingerprint density at radius 1 is 1.29 bits per heavy atom. The molecule has 1 aliphatic rings. The van der Waals surface area contributed by atoms with Crippen LogP contribution in [0.15, 0.2) is 24.3 Å². The summed E-state index contributed by atoms with van der Waals surface area (Å²) >= 11 is 0. The van der Waals surface area contributed by atoms with Gasteiger partial charge in [-0.3, -0.25) is 9.59 Å². The highest BCUT2D eigenvalue weighted by Gasteiger charge is 2.34. The number of carbonyl (C=O) groups excluding carboxylic acids is 1. The van der Waals surface area contributed by atoms with E-state index in [1.807, 2.05) is 31.2 Å². The topological polar surface area (TPSA) is 57.6 Å². The molecule has 114 valence electrons. The lowest BCUT2D eigenvalue weighted by atomic mass is 10.1. The Kier molecular flexibility index (Phi) is 4.99. The second-order valence-electron chi connectivity index (χ2n) is 6.00. The number of amides is 1. The molecule has 0 spiro atoms. The standard InChI is InChI=1S/C17H23NO3/c1-12-3-5-14(6-4-12)7-10-16(19)18(15-8-9-15)11-13(2)17(20)21/h3-6,13,15H,7-11H2,1-2H3,(H,20,21). The molecule has 0 bridgehead atoms. The molecule has 0 aliphatic heterocycles. The lowest BCUT2D eigenvalue weighted by Crippen LogP contribution is -2.38. The van der Waals surface area contributed by atoms with E-state index in [0.29, 0.717) is 19.4 Å². The molecule has 1 aromatic carbocycles. The first kappa shape index (κ1) is 15.5. The van der Waals surface area contributed by atoms with Crippen LogP contribution < -0.4 is 0 Å². The van der Waals surface area contributed by atoms with Gasteiger partial charge in [0.2, 0.25) is 5.91 Å². The van der Waals surface area contributed by atoms with E-state index in [2.05, 4.69) is 0 Å². The van der Waals surface area contributed by atoms with Gasteiger partial charge in [-0.15, -0.1) is 0 Å². The Morgan fingerprint density at radius 2 is 1.90 bits per heavy atom. The van der Waals surface area contributed by atoms with Gasteiger partial charge < -0.3 is 10.0 Å². The zero-order chi connectivity index (χ0) is 15.4. The van der Waals surface area contributed by atoms with Gasteiger partial charge in [-0.25, -0.2) is 0 Å². The van der Waals surface area contributed by atoms with E-state index in [0.717, 1.165) is 18.4 Å². The lowest BCUT2D eigenvalue weighted by molar-refractivity contribution is -0.143. The molecule has 4 heteroatoms. The number of carboxylic acids is 1. The van der Waals surface area contributed by atoms with Gasteiger partial charge in [0.05, 0.1) is 5.92 Å². The number of benzene rings is 1. The molecule has 1 atom stereocenters.